The molecule has 0 fully saturated rings. The van der Waals surface area contributed by atoms with Crippen molar-refractivity contribution in [3.05, 3.63) is 52.3 Å². The lowest BCUT2D eigenvalue weighted by molar-refractivity contribution is 1.34. The van der Waals surface area contributed by atoms with Crippen LogP contribution in [0.4, 0.5) is 11.4 Å². The number of nitrogens with zero attached hydrogens (tertiary/aromatic N) is 1. The molecule has 0 saturated carbocycles. The van der Waals surface area contributed by atoms with Gasteiger partial charge in [-0.05, 0) is 72.7 Å². The molecule has 1 aromatic heterocycles. The van der Waals surface area contributed by atoms with Gasteiger partial charge in [0.1, 0.15) is 0 Å². The number of halogens is 2. The van der Waals surface area contributed by atoms with Crippen molar-refractivity contribution in [2.24, 2.45) is 0 Å². The molecule has 0 amide bonds. The Morgan fingerprint density at radius 3 is 2.73 bits per heavy atom. The highest BCUT2D eigenvalue weighted by atomic mass is 35.5. The van der Waals surface area contributed by atoms with Gasteiger partial charge in [0, 0.05) is 16.4 Å². The molecule has 1 heterocycles. The predicted octanol–water partition coefficient (Wildman–Crippen LogP) is 4.99. The van der Waals surface area contributed by atoms with E-state index in [1.165, 1.54) is 0 Å². The van der Waals surface area contributed by atoms with Crippen LogP contribution in [0, 0.1) is 6.92 Å². The number of aryl methyl sites for hydroxylation is 1. The third kappa shape index (κ3) is 3.32. The largest absolute Gasteiger partial charge is 0.332 e. The molecule has 0 spiro atoms. The number of fused-ring (bicyclic) bond motifs is 1. The molecule has 3 N–H and O–H groups in total. The van der Waals surface area contributed by atoms with Crippen LogP contribution in [0.3, 0.4) is 0 Å². The van der Waals surface area contributed by atoms with E-state index in [0.717, 1.165) is 28.0 Å². The SMILES string of the molecule is Cc1cc(Cl)ccc1NC(=S)Nc1ccc2nc(Cl)[nH]c2c1. The maximum atomic E-state index is 5.94. The number of rotatable bonds is 2. The molecule has 4 nitrogen and oxygen atoms in total. The van der Waals surface area contributed by atoms with Gasteiger partial charge in [-0.1, -0.05) is 11.6 Å². The molecule has 0 aliphatic carbocycles. The number of hydrogen-bond acceptors (Lipinski definition) is 2. The third-order valence-electron chi connectivity index (χ3n) is 3.15. The molecule has 7 heteroatoms. The molecule has 3 rings (SSSR count). The van der Waals surface area contributed by atoms with E-state index < -0.39 is 0 Å². The molecule has 0 atom stereocenters. The van der Waals surface area contributed by atoms with Crippen LogP contribution in [0.25, 0.3) is 11.0 Å². The normalized spacial score (nSPS) is 10.7. The van der Waals surface area contributed by atoms with Crippen LogP contribution in [0.2, 0.25) is 10.3 Å². The van der Waals surface area contributed by atoms with Crippen LogP contribution >= 0.6 is 35.4 Å². The van der Waals surface area contributed by atoms with Crippen LogP contribution in [0.1, 0.15) is 5.56 Å². The summed E-state index contributed by atoms with van der Waals surface area (Å²) < 4.78 is 0. The first-order valence-electron chi connectivity index (χ1n) is 6.51. The van der Waals surface area contributed by atoms with Crippen molar-refractivity contribution < 1.29 is 0 Å². The molecule has 0 radical (unpaired) electrons. The molecule has 3 aromatic rings. The van der Waals surface area contributed by atoms with Gasteiger partial charge >= 0.3 is 0 Å². The number of H-pyrrole nitrogens is 1. The molecule has 0 aliphatic heterocycles. The van der Waals surface area contributed by atoms with Gasteiger partial charge in [0.05, 0.1) is 11.0 Å². The lowest BCUT2D eigenvalue weighted by Crippen LogP contribution is -2.19. The number of thiocarbonyl (C=S) groups is 1. The highest BCUT2D eigenvalue weighted by molar-refractivity contribution is 7.80. The maximum absolute atomic E-state index is 5.94. The Kier molecular flexibility index (Phi) is 4.20. The Morgan fingerprint density at radius 1 is 1.14 bits per heavy atom. The fraction of sp³-hybridized carbons (Fsp3) is 0.0667. The summed E-state index contributed by atoms with van der Waals surface area (Å²) in [6.07, 6.45) is 0. The molecule has 0 saturated heterocycles. The first-order chi connectivity index (χ1) is 10.5. The highest BCUT2D eigenvalue weighted by Crippen LogP contribution is 2.21. The van der Waals surface area contributed by atoms with Crippen molar-refractivity contribution in [3.63, 3.8) is 0 Å². The van der Waals surface area contributed by atoms with Gasteiger partial charge < -0.3 is 15.6 Å². The number of hydrogen-bond donors (Lipinski definition) is 3. The number of imidazole rings is 1. The molecule has 0 aliphatic rings. The molecular weight excluding hydrogens is 339 g/mol. The van der Waals surface area contributed by atoms with E-state index in [9.17, 15) is 0 Å². The summed E-state index contributed by atoms with van der Waals surface area (Å²) in [4.78, 5) is 7.12. The average molecular weight is 351 g/mol. The summed E-state index contributed by atoms with van der Waals surface area (Å²) in [5, 5.41) is 7.84. The lowest BCUT2D eigenvalue weighted by atomic mass is 10.2. The maximum Gasteiger partial charge on any atom is 0.201 e. The molecule has 2 aromatic carbocycles. The van der Waals surface area contributed by atoms with Gasteiger partial charge in [0.15, 0.2) is 5.11 Å². The molecule has 22 heavy (non-hydrogen) atoms. The Labute approximate surface area is 142 Å². The number of anilines is 2. The number of aromatic amines is 1. The molecule has 0 bridgehead atoms. The summed E-state index contributed by atoms with van der Waals surface area (Å²) in [5.41, 5.74) is 4.43. The Bertz CT molecular complexity index is 860. The minimum absolute atomic E-state index is 0.365. The van der Waals surface area contributed by atoms with Gasteiger partial charge in [-0.3, -0.25) is 0 Å². The number of aromatic nitrogens is 2. The quantitative estimate of drug-likeness (QED) is 0.570. The van der Waals surface area contributed by atoms with E-state index in [1.54, 1.807) is 0 Å². The summed E-state index contributed by atoms with van der Waals surface area (Å²) in [7, 11) is 0. The van der Waals surface area contributed by atoms with Crippen molar-refractivity contribution in [3.8, 4) is 0 Å². The second-order valence-electron chi connectivity index (χ2n) is 4.80. The molecule has 0 unspecified atom stereocenters. The van der Waals surface area contributed by atoms with Crippen LogP contribution in [0.5, 0.6) is 0 Å². The fourth-order valence-corrected chi connectivity index (χ4v) is 2.76. The fourth-order valence-electron chi connectivity index (χ4n) is 2.11. The van der Waals surface area contributed by atoms with Crippen molar-refractivity contribution in [1.29, 1.82) is 0 Å². The highest BCUT2D eigenvalue weighted by Gasteiger charge is 2.05. The van der Waals surface area contributed by atoms with E-state index in [-0.39, 0.29) is 0 Å². The van der Waals surface area contributed by atoms with E-state index in [2.05, 4.69) is 20.6 Å². The van der Waals surface area contributed by atoms with Gasteiger partial charge in [-0.25, -0.2) is 4.98 Å². The number of nitrogens with one attached hydrogen (secondary N) is 3. The Hall–Kier alpha value is -1.82. The topological polar surface area (TPSA) is 52.7 Å². The predicted molar refractivity (Wildman–Crippen MR) is 97.1 cm³/mol. The summed E-state index contributed by atoms with van der Waals surface area (Å²) in [5.74, 6) is 0. The Morgan fingerprint density at radius 2 is 1.95 bits per heavy atom. The van der Waals surface area contributed by atoms with Crippen molar-refractivity contribution >= 4 is 62.9 Å². The van der Waals surface area contributed by atoms with Crippen LogP contribution < -0.4 is 10.6 Å². The molecular formula is C15H12Cl2N4S. The first-order valence-corrected chi connectivity index (χ1v) is 7.67. The minimum Gasteiger partial charge on any atom is -0.332 e. The van der Waals surface area contributed by atoms with Crippen molar-refractivity contribution in [2.75, 3.05) is 10.6 Å². The third-order valence-corrected chi connectivity index (χ3v) is 3.77. The van der Waals surface area contributed by atoms with Gasteiger partial charge in [-0.2, -0.15) is 0 Å². The smallest absolute Gasteiger partial charge is 0.201 e. The second-order valence-corrected chi connectivity index (χ2v) is 6.00. The van der Waals surface area contributed by atoms with E-state index >= 15 is 0 Å². The van der Waals surface area contributed by atoms with E-state index in [1.807, 2.05) is 43.3 Å². The van der Waals surface area contributed by atoms with Crippen molar-refractivity contribution in [1.82, 2.24) is 9.97 Å². The van der Waals surface area contributed by atoms with Gasteiger partial charge in [-0.15, -0.1) is 0 Å². The standard InChI is InChI=1S/C15H12Cl2N4S/c1-8-6-9(16)2-4-11(8)21-15(22)18-10-3-5-12-13(7-10)20-14(17)19-12/h2-7H,1H3,(H,19,20)(H2,18,21,22). The monoisotopic (exact) mass is 350 g/mol. The van der Waals surface area contributed by atoms with Crippen LogP contribution in [-0.4, -0.2) is 15.1 Å². The zero-order valence-corrected chi connectivity index (χ0v) is 13.9. The minimum atomic E-state index is 0.365. The summed E-state index contributed by atoms with van der Waals surface area (Å²) in [6.45, 7) is 1.97. The Balaban J connectivity index is 1.74. The summed E-state index contributed by atoms with van der Waals surface area (Å²) >= 11 is 17.1. The van der Waals surface area contributed by atoms with Crippen molar-refractivity contribution in [2.45, 2.75) is 6.92 Å². The van der Waals surface area contributed by atoms with E-state index in [0.29, 0.717) is 15.4 Å². The zero-order chi connectivity index (χ0) is 15.7. The summed E-state index contributed by atoms with van der Waals surface area (Å²) in [6, 6.07) is 11.3. The first kappa shape index (κ1) is 15.1. The second kappa shape index (κ2) is 6.12. The van der Waals surface area contributed by atoms with E-state index in [4.69, 9.17) is 35.4 Å². The lowest BCUT2D eigenvalue weighted by Gasteiger charge is -2.12. The average Bonchev–Trinajstić information content (AvgIpc) is 2.81. The zero-order valence-electron chi connectivity index (χ0n) is 11.6. The van der Waals surface area contributed by atoms with Gasteiger partial charge in [0.2, 0.25) is 5.28 Å². The van der Waals surface area contributed by atoms with Crippen LogP contribution in [0.15, 0.2) is 36.4 Å². The van der Waals surface area contributed by atoms with Gasteiger partial charge in [0.25, 0.3) is 0 Å². The number of benzene rings is 2. The van der Waals surface area contributed by atoms with Crippen LogP contribution in [-0.2, 0) is 0 Å². The molecule has 112 valence electrons.